The van der Waals surface area contributed by atoms with E-state index in [1.807, 2.05) is 71.9 Å². The lowest BCUT2D eigenvalue weighted by atomic mass is 9.60. The van der Waals surface area contributed by atoms with Crippen molar-refractivity contribution in [2.75, 3.05) is 18.8 Å². The SMILES string of the molecule is [B]C1(c2ccc(N=Cc3cccc(C(=O)NC(C)(C)C)c3N)cc2)CCCN(C(=O)OC(C)(C)C)C1. The molecule has 1 aliphatic heterocycles. The maximum atomic E-state index is 12.6. The second-order valence-electron chi connectivity index (χ2n) is 11.5. The molecule has 1 fully saturated rings. The highest BCUT2D eigenvalue weighted by Crippen LogP contribution is 2.33. The summed E-state index contributed by atoms with van der Waals surface area (Å²) in [7, 11) is 6.75. The fraction of sp³-hybridized carbons (Fsp3) is 0.464. The van der Waals surface area contributed by atoms with Crippen molar-refractivity contribution in [3.8, 4) is 0 Å². The predicted molar refractivity (Wildman–Crippen MR) is 146 cm³/mol. The molecule has 0 saturated carbocycles. The first-order valence-corrected chi connectivity index (χ1v) is 12.3. The number of nitrogens with two attached hydrogens (primary N) is 1. The van der Waals surface area contributed by atoms with Crippen molar-refractivity contribution in [3.63, 3.8) is 0 Å². The third kappa shape index (κ3) is 7.12. The van der Waals surface area contributed by atoms with Crippen LogP contribution in [-0.4, -0.2) is 55.2 Å². The van der Waals surface area contributed by atoms with E-state index in [-0.39, 0.29) is 17.5 Å². The van der Waals surface area contributed by atoms with Crippen LogP contribution >= 0.6 is 0 Å². The zero-order valence-electron chi connectivity index (χ0n) is 22.2. The van der Waals surface area contributed by atoms with Gasteiger partial charge >= 0.3 is 6.09 Å². The van der Waals surface area contributed by atoms with Gasteiger partial charge in [-0.15, -0.1) is 0 Å². The molecular weight excluding hydrogens is 451 g/mol. The number of nitrogen functional groups attached to an aromatic ring is 1. The maximum absolute atomic E-state index is 12.6. The van der Waals surface area contributed by atoms with E-state index in [0.717, 1.165) is 24.1 Å². The zero-order valence-corrected chi connectivity index (χ0v) is 22.2. The Morgan fingerprint density at radius 2 is 1.78 bits per heavy atom. The summed E-state index contributed by atoms with van der Waals surface area (Å²) in [5.74, 6) is -0.222. The number of nitrogens with one attached hydrogen (secondary N) is 1. The average Bonchev–Trinajstić information content (AvgIpc) is 2.76. The highest BCUT2D eigenvalue weighted by atomic mass is 16.6. The molecule has 0 aliphatic carbocycles. The smallest absolute Gasteiger partial charge is 0.410 e. The molecule has 7 nitrogen and oxygen atoms in total. The van der Waals surface area contributed by atoms with Crippen LogP contribution in [0.4, 0.5) is 16.2 Å². The van der Waals surface area contributed by atoms with Gasteiger partial charge in [0.2, 0.25) is 0 Å². The Morgan fingerprint density at radius 1 is 1.11 bits per heavy atom. The summed E-state index contributed by atoms with van der Waals surface area (Å²) in [6.45, 7) is 12.4. The Hall–Kier alpha value is -3.29. The van der Waals surface area contributed by atoms with Crippen molar-refractivity contribution >= 4 is 37.4 Å². The Kier molecular flexibility index (Phi) is 7.87. The van der Waals surface area contributed by atoms with Crippen molar-refractivity contribution in [3.05, 3.63) is 59.2 Å². The van der Waals surface area contributed by atoms with Gasteiger partial charge in [-0.2, -0.15) is 0 Å². The van der Waals surface area contributed by atoms with Crippen LogP contribution in [0.25, 0.3) is 0 Å². The number of carbonyl (C=O) groups is 2. The van der Waals surface area contributed by atoms with E-state index >= 15 is 0 Å². The van der Waals surface area contributed by atoms with E-state index in [1.54, 1.807) is 23.2 Å². The van der Waals surface area contributed by atoms with Crippen LogP contribution in [0.1, 0.15) is 75.9 Å². The van der Waals surface area contributed by atoms with Crippen LogP contribution in [0.3, 0.4) is 0 Å². The van der Waals surface area contributed by atoms with Gasteiger partial charge in [0.15, 0.2) is 0 Å². The number of carbonyl (C=O) groups excluding carboxylic acids is 2. The first-order valence-electron chi connectivity index (χ1n) is 12.3. The molecule has 1 unspecified atom stereocenters. The number of amides is 2. The van der Waals surface area contributed by atoms with Gasteiger partial charge in [-0.3, -0.25) is 9.79 Å². The molecule has 1 heterocycles. The molecule has 36 heavy (non-hydrogen) atoms. The molecule has 0 spiro atoms. The van der Waals surface area contributed by atoms with Crippen molar-refractivity contribution in [2.45, 2.75) is 70.8 Å². The second kappa shape index (κ2) is 10.4. The summed E-state index contributed by atoms with van der Waals surface area (Å²) in [5.41, 5.74) is 8.49. The molecule has 3 N–H and O–H groups in total. The molecule has 1 saturated heterocycles. The lowest BCUT2D eigenvalue weighted by Gasteiger charge is -2.41. The first kappa shape index (κ1) is 27.3. The number of nitrogens with zero attached hydrogens (tertiary/aromatic N) is 2. The number of piperidine rings is 1. The maximum Gasteiger partial charge on any atom is 0.410 e. The van der Waals surface area contributed by atoms with Crippen LogP contribution in [0, 0.1) is 0 Å². The summed E-state index contributed by atoms with van der Waals surface area (Å²) in [6, 6.07) is 13.0. The number of aliphatic imine (C=N–C) groups is 1. The molecule has 3 rings (SSSR count). The molecule has 2 radical (unpaired) electrons. The minimum Gasteiger partial charge on any atom is -0.444 e. The van der Waals surface area contributed by atoms with Gasteiger partial charge in [0.1, 0.15) is 5.60 Å². The average molecular weight is 488 g/mol. The molecule has 0 bridgehead atoms. The standard InChI is InChI=1S/C28H37BN4O3/c1-26(2,3)32-24(34)22-10-7-9-19(23(22)30)17-31-21-13-11-20(12-14-21)28(29)15-8-16-33(18-28)25(35)36-27(4,5)6/h7,9-14,17H,8,15-16,18,30H2,1-6H3,(H,32,34). The van der Waals surface area contributed by atoms with E-state index in [4.69, 9.17) is 18.3 Å². The lowest BCUT2D eigenvalue weighted by molar-refractivity contribution is 0.0180. The molecule has 2 amide bonds. The second-order valence-corrected chi connectivity index (χ2v) is 11.5. The van der Waals surface area contributed by atoms with Crippen LogP contribution in [0.5, 0.6) is 0 Å². The summed E-state index contributed by atoms with van der Waals surface area (Å²) < 4.78 is 5.53. The van der Waals surface area contributed by atoms with E-state index in [1.165, 1.54) is 0 Å². The number of ether oxygens (including phenoxy) is 1. The lowest BCUT2D eigenvalue weighted by Crippen LogP contribution is -2.50. The molecule has 2 aromatic rings. The predicted octanol–water partition coefficient (Wildman–Crippen LogP) is 4.94. The fourth-order valence-electron chi connectivity index (χ4n) is 4.13. The summed E-state index contributed by atoms with van der Waals surface area (Å²) in [5, 5.41) is 2.28. The van der Waals surface area contributed by atoms with Crippen molar-refractivity contribution in [2.24, 2.45) is 4.99 Å². The summed E-state index contributed by atoms with van der Waals surface area (Å²) in [6.07, 6.45) is 2.89. The fourth-order valence-corrected chi connectivity index (χ4v) is 4.13. The molecule has 0 aromatic heterocycles. The summed E-state index contributed by atoms with van der Waals surface area (Å²) >= 11 is 0. The largest absolute Gasteiger partial charge is 0.444 e. The number of hydrogen-bond acceptors (Lipinski definition) is 5. The monoisotopic (exact) mass is 488 g/mol. The number of likely N-dealkylation sites (tertiary alicyclic amines) is 1. The van der Waals surface area contributed by atoms with Crippen molar-refractivity contribution < 1.29 is 14.3 Å². The minimum atomic E-state index is -0.656. The number of anilines is 1. The van der Waals surface area contributed by atoms with Crippen LogP contribution in [0.2, 0.25) is 0 Å². The minimum absolute atomic E-state index is 0.222. The molecule has 8 heteroatoms. The number of rotatable bonds is 4. The van der Waals surface area contributed by atoms with Gasteiger partial charge in [0.25, 0.3) is 5.91 Å². The zero-order chi connectivity index (χ0) is 26.7. The van der Waals surface area contributed by atoms with Crippen LogP contribution < -0.4 is 11.1 Å². The number of para-hydroxylation sites is 1. The van der Waals surface area contributed by atoms with Gasteiger partial charge in [0, 0.05) is 30.4 Å². The van der Waals surface area contributed by atoms with Gasteiger partial charge < -0.3 is 20.7 Å². The van der Waals surface area contributed by atoms with Crippen LogP contribution in [-0.2, 0) is 10.1 Å². The van der Waals surface area contributed by atoms with Crippen molar-refractivity contribution in [1.29, 1.82) is 0 Å². The first-order chi connectivity index (χ1) is 16.7. The Bertz CT molecular complexity index is 1130. The Balaban J connectivity index is 1.73. The molecule has 1 aliphatic rings. The highest BCUT2D eigenvalue weighted by molar-refractivity contribution is 6.16. The van der Waals surface area contributed by atoms with E-state index in [9.17, 15) is 9.59 Å². The quantitative estimate of drug-likeness (QED) is 0.362. The summed E-state index contributed by atoms with van der Waals surface area (Å²) in [4.78, 5) is 31.4. The third-order valence-electron chi connectivity index (χ3n) is 5.84. The van der Waals surface area contributed by atoms with E-state index < -0.39 is 10.9 Å². The van der Waals surface area contributed by atoms with Gasteiger partial charge in [-0.25, -0.2) is 4.79 Å². The molecule has 2 aromatic carbocycles. The Labute approximate surface area is 215 Å². The third-order valence-corrected chi connectivity index (χ3v) is 5.84. The topological polar surface area (TPSA) is 97.0 Å². The van der Waals surface area contributed by atoms with E-state index in [0.29, 0.717) is 29.9 Å². The Morgan fingerprint density at radius 3 is 2.39 bits per heavy atom. The molecular formula is C28H37BN4O3. The molecule has 1 atom stereocenters. The normalized spacial score (nSPS) is 18.8. The highest BCUT2D eigenvalue weighted by Gasteiger charge is 2.35. The van der Waals surface area contributed by atoms with Crippen LogP contribution in [0.15, 0.2) is 47.5 Å². The number of hydrogen-bond donors (Lipinski definition) is 2. The van der Waals surface area contributed by atoms with Crippen molar-refractivity contribution in [1.82, 2.24) is 10.2 Å². The van der Waals surface area contributed by atoms with Gasteiger partial charge in [0.05, 0.1) is 24.8 Å². The van der Waals surface area contributed by atoms with Gasteiger partial charge in [-0.1, -0.05) is 24.3 Å². The van der Waals surface area contributed by atoms with E-state index in [2.05, 4.69) is 10.3 Å². The number of benzene rings is 2. The van der Waals surface area contributed by atoms with Gasteiger partial charge in [-0.05, 0) is 83.5 Å². The molecule has 190 valence electrons.